The van der Waals surface area contributed by atoms with Crippen molar-refractivity contribution < 1.29 is 24.0 Å². The lowest BCUT2D eigenvalue weighted by Gasteiger charge is -2.38. The van der Waals surface area contributed by atoms with E-state index in [1.165, 1.54) is 23.1 Å². The largest absolute Gasteiger partial charge is 0.454 e. The summed E-state index contributed by atoms with van der Waals surface area (Å²) in [7, 11) is 0. The van der Waals surface area contributed by atoms with Crippen LogP contribution in [-0.4, -0.2) is 41.5 Å². The van der Waals surface area contributed by atoms with Gasteiger partial charge in [-0.25, -0.2) is 0 Å². The number of fused-ring (bicyclic) bond motifs is 1. The van der Waals surface area contributed by atoms with Crippen molar-refractivity contribution in [3.05, 3.63) is 57.1 Å². The molecule has 10 heteroatoms. The van der Waals surface area contributed by atoms with E-state index in [-0.39, 0.29) is 42.2 Å². The zero-order chi connectivity index (χ0) is 19.8. The number of nitro groups is 1. The van der Waals surface area contributed by atoms with Crippen LogP contribution >= 0.6 is 11.6 Å². The lowest BCUT2D eigenvalue weighted by Crippen LogP contribution is -2.54. The number of likely N-dealkylation sites (tertiary alicyclic amines) is 1. The summed E-state index contributed by atoms with van der Waals surface area (Å²) >= 11 is 5.86. The summed E-state index contributed by atoms with van der Waals surface area (Å²) in [6, 6.07) is 8.84. The third kappa shape index (κ3) is 3.31. The molecule has 1 saturated heterocycles. The zero-order valence-electron chi connectivity index (χ0n) is 14.4. The smallest absolute Gasteiger partial charge is 0.292 e. The summed E-state index contributed by atoms with van der Waals surface area (Å²) in [4.78, 5) is 36.9. The molecule has 9 nitrogen and oxygen atoms in total. The maximum atomic E-state index is 12.5. The van der Waals surface area contributed by atoms with E-state index in [4.69, 9.17) is 21.1 Å². The van der Waals surface area contributed by atoms with Crippen molar-refractivity contribution in [3.8, 4) is 11.5 Å². The normalized spacial score (nSPS) is 15.1. The number of carbonyl (C=O) groups excluding carboxylic acids is 2. The first-order chi connectivity index (χ1) is 13.4. The maximum Gasteiger partial charge on any atom is 0.292 e. The molecule has 0 aromatic heterocycles. The summed E-state index contributed by atoms with van der Waals surface area (Å²) in [6.07, 6.45) is 0. The van der Waals surface area contributed by atoms with Gasteiger partial charge < -0.3 is 19.7 Å². The number of hydrogen-bond donors (Lipinski definition) is 1. The van der Waals surface area contributed by atoms with Gasteiger partial charge in [-0.15, -0.1) is 0 Å². The fourth-order valence-corrected chi connectivity index (χ4v) is 3.20. The van der Waals surface area contributed by atoms with Crippen LogP contribution in [0.5, 0.6) is 11.5 Å². The first kappa shape index (κ1) is 18.1. The van der Waals surface area contributed by atoms with E-state index < -0.39 is 16.7 Å². The highest BCUT2D eigenvalue weighted by molar-refractivity contribution is 6.31. The van der Waals surface area contributed by atoms with Crippen LogP contribution < -0.4 is 14.8 Å². The minimum Gasteiger partial charge on any atom is -0.454 e. The van der Waals surface area contributed by atoms with Gasteiger partial charge in [0.05, 0.1) is 10.8 Å². The molecule has 1 fully saturated rings. The lowest BCUT2D eigenvalue weighted by molar-refractivity contribution is -0.383. The maximum absolute atomic E-state index is 12.5. The number of hydrogen-bond acceptors (Lipinski definition) is 6. The molecule has 2 aliphatic heterocycles. The van der Waals surface area contributed by atoms with Crippen LogP contribution in [-0.2, 0) is 4.79 Å². The highest BCUT2D eigenvalue weighted by Gasteiger charge is 2.37. The molecule has 2 aliphatic rings. The molecule has 144 valence electrons. The van der Waals surface area contributed by atoms with Gasteiger partial charge in [0.2, 0.25) is 12.7 Å². The van der Waals surface area contributed by atoms with Gasteiger partial charge in [0, 0.05) is 29.7 Å². The quantitative estimate of drug-likeness (QED) is 0.620. The van der Waals surface area contributed by atoms with Crippen molar-refractivity contribution in [2.45, 2.75) is 0 Å². The van der Waals surface area contributed by atoms with Crippen LogP contribution in [0.25, 0.3) is 0 Å². The number of nitrogens with one attached hydrogen (secondary N) is 1. The number of rotatable bonds is 4. The van der Waals surface area contributed by atoms with E-state index in [1.54, 1.807) is 18.2 Å². The van der Waals surface area contributed by atoms with Crippen LogP contribution in [0.1, 0.15) is 10.4 Å². The fourth-order valence-electron chi connectivity index (χ4n) is 3.02. The van der Waals surface area contributed by atoms with E-state index in [0.29, 0.717) is 17.1 Å². The van der Waals surface area contributed by atoms with Gasteiger partial charge in [-0.05, 0) is 30.3 Å². The SMILES string of the molecule is O=C(Nc1cc(Cl)ccc1[N+](=O)[O-])C1CN(C(=O)c2ccc3c(c2)OCO3)C1. The van der Waals surface area contributed by atoms with E-state index in [1.807, 2.05) is 0 Å². The Morgan fingerprint density at radius 1 is 1.14 bits per heavy atom. The van der Waals surface area contributed by atoms with Crippen LogP contribution in [0.2, 0.25) is 5.02 Å². The Morgan fingerprint density at radius 3 is 2.64 bits per heavy atom. The van der Waals surface area contributed by atoms with Crippen molar-refractivity contribution in [1.82, 2.24) is 4.90 Å². The minimum atomic E-state index is -0.595. The number of nitro benzene ring substituents is 1. The van der Waals surface area contributed by atoms with Gasteiger partial charge in [0.1, 0.15) is 5.69 Å². The molecule has 4 rings (SSSR count). The predicted octanol–water partition coefficient (Wildman–Crippen LogP) is 2.69. The van der Waals surface area contributed by atoms with Gasteiger partial charge in [-0.2, -0.15) is 0 Å². The standard InChI is InChI=1S/C18H14ClN3O6/c19-12-2-3-14(22(25)26)13(6-12)20-17(23)11-7-21(8-11)18(24)10-1-4-15-16(5-10)28-9-27-15/h1-6,11H,7-9H2,(H,20,23). The Kier molecular flexibility index (Phi) is 4.52. The summed E-state index contributed by atoms with van der Waals surface area (Å²) in [6.45, 7) is 0.551. The molecule has 0 bridgehead atoms. The molecule has 0 aliphatic carbocycles. The van der Waals surface area contributed by atoms with Gasteiger partial charge in [-0.1, -0.05) is 11.6 Å². The second-order valence-corrected chi connectivity index (χ2v) is 6.82. The summed E-state index contributed by atoms with van der Waals surface area (Å²) in [5.41, 5.74) is 0.224. The number of carbonyl (C=O) groups is 2. The number of ether oxygens (including phenoxy) is 2. The molecule has 2 amide bonds. The number of amides is 2. The number of nitrogens with zero attached hydrogens (tertiary/aromatic N) is 2. The van der Waals surface area contributed by atoms with Crippen LogP contribution in [0.3, 0.4) is 0 Å². The summed E-state index contributed by atoms with van der Waals surface area (Å²) < 4.78 is 10.5. The molecule has 0 radical (unpaired) electrons. The van der Waals surface area contributed by atoms with Crippen molar-refractivity contribution in [2.75, 3.05) is 25.2 Å². The molecule has 0 unspecified atom stereocenters. The monoisotopic (exact) mass is 403 g/mol. The predicted molar refractivity (Wildman–Crippen MR) is 98.7 cm³/mol. The Balaban J connectivity index is 1.39. The molecular formula is C18H14ClN3O6. The van der Waals surface area contributed by atoms with E-state index in [0.717, 1.165) is 0 Å². The second kappa shape index (κ2) is 7.01. The topological polar surface area (TPSA) is 111 Å². The summed E-state index contributed by atoms with van der Waals surface area (Å²) in [5.74, 6) is 0.00204. The molecule has 0 atom stereocenters. The first-order valence-corrected chi connectivity index (χ1v) is 8.74. The average Bonchev–Trinajstić information content (AvgIpc) is 3.07. The average molecular weight is 404 g/mol. The molecule has 2 aromatic carbocycles. The Bertz CT molecular complexity index is 989. The van der Waals surface area contributed by atoms with Gasteiger partial charge >= 0.3 is 0 Å². The lowest BCUT2D eigenvalue weighted by atomic mass is 9.97. The van der Waals surface area contributed by atoms with Crippen LogP contribution in [0.4, 0.5) is 11.4 Å². The number of halogens is 1. The fraction of sp³-hybridized carbons (Fsp3) is 0.222. The molecule has 1 N–H and O–H groups in total. The molecule has 2 heterocycles. The van der Waals surface area contributed by atoms with E-state index in [9.17, 15) is 19.7 Å². The van der Waals surface area contributed by atoms with E-state index in [2.05, 4.69) is 5.32 Å². The molecule has 28 heavy (non-hydrogen) atoms. The number of anilines is 1. The van der Waals surface area contributed by atoms with Gasteiger partial charge in [-0.3, -0.25) is 19.7 Å². The van der Waals surface area contributed by atoms with E-state index >= 15 is 0 Å². The number of benzene rings is 2. The third-order valence-corrected chi connectivity index (χ3v) is 4.81. The second-order valence-electron chi connectivity index (χ2n) is 6.38. The molecule has 0 saturated carbocycles. The van der Waals surface area contributed by atoms with Crippen molar-refractivity contribution >= 4 is 34.8 Å². The van der Waals surface area contributed by atoms with Crippen molar-refractivity contribution in [3.63, 3.8) is 0 Å². The Morgan fingerprint density at radius 2 is 1.89 bits per heavy atom. The first-order valence-electron chi connectivity index (χ1n) is 8.36. The third-order valence-electron chi connectivity index (χ3n) is 4.57. The van der Waals surface area contributed by atoms with Crippen molar-refractivity contribution in [2.24, 2.45) is 5.92 Å². The van der Waals surface area contributed by atoms with Crippen LogP contribution in [0.15, 0.2) is 36.4 Å². The summed E-state index contributed by atoms with van der Waals surface area (Å²) in [5, 5.41) is 13.9. The highest BCUT2D eigenvalue weighted by Crippen LogP contribution is 2.34. The zero-order valence-corrected chi connectivity index (χ0v) is 15.1. The van der Waals surface area contributed by atoms with Crippen LogP contribution in [0, 0.1) is 16.0 Å². The van der Waals surface area contributed by atoms with Crippen molar-refractivity contribution in [1.29, 1.82) is 0 Å². The molecule has 2 aromatic rings. The Labute approximate surface area is 163 Å². The van der Waals surface area contributed by atoms with Gasteiger partial charge in [0.15, 0.2) is 11.5 Å². The minimum absolute atomic E-state index is 0.0306. The van der Waals surface area contributed by atoms with Gasteiger partial charge in [0.25, 0.3) is 11.6 Å². The Hall–Kier alpha value is -3.33. The highest BCUT2D eigenvalue weighted by atomic mass is 35.5. The molecular weight excluding hydrogens is 390 g/mol. The molecule has 0 spiro atoms.